The van der Waals surface area contributed by atoms with Gasteiger partial charge in [0.15, 0.2) is 0 Å². The highest BCUT2D eigenvalue weighted by Crippen LogP contribution is 2.56. The maximum Gasteiger partial charge on any atom is 0.306 e. The Balaban J connectivity index is 1.75. The van der Waals surface area contributed by atoms with Crippen LogP contribution in [0, 0.1) is 11.8 Å². The molecule has 2 heterocycles. The van der Waals surface area contributed by atoms with Gasteiger partial charge in [0.25, 0.3) is 5.91 Å². The van der Waals surface area contributed by atoms with Gasteiger partial charge in [-0.1, -0.05) is 20.8 Å². The van der Waals surface area contributed by atoms with Crippen molar-refractivity contribution in [2.75, 3.05) is 27.7 Å². The zero-order valence-corrected chi connectivity index (χ0v) is 29.4. The highest BCUT2D eigenvalue weighted by atomic mass is 32.1. The molecule has 0 bridgehead atoms. The summed E-state index contributed by atoms with van der Waals surface area (Å²) >= 11 is 1.45. The molecule has 1 aliphatic carbocycles. The Kier molecular flexibility index (Phi) is 11.0. The van der Waals surface area contributed by atoms with Crippen LogP contribution in [-0.4, -0.2) is 92.5 Å². The van der Waals surface area contributed by atoms with Crippen molar-refractivity contribution in [2.24, 2.45) is 11.8 Å². The summed E-state index contributed by atoms with van der Waals surface area (Å²) < 4.78 is 1.93. The molecule has 1 aliphatic rings. The number of likely N-dealkylation sites (N-methyl/N-ethyl adjacent to an activating group) is 2. The van der Waals surface area contributed by atoms with Gasteiger partial charge in [0.1, 0.15) is 5.69 Å². The van der Waals surface area contributed by atoms with E-state index >= 15 is 0 Å². The maximum atomic E-state index is 13.5. The monoisotopic (exact) mass is 644 g/mol. The summed E-state index contributed by atoms with van der Waals surface area (Å²) in [5, 5.41) is 18.1. The van der Waals surface area contributed by atoms with E-state index in [1.54, 1.807) is 24.3 Å². The molecule has 2 aromatic rings. The average molecular weight is 645 g/mol. The molecule has 0 aliphatic heterocycles. The number of aliphatic carboxylic acids is 1. The SMILES string of the molecule is CC(CC(C)(Cn1cccc1)NC(=O)c1csc(C2(CC(C)(C(C)C)N(C)C(=O)CNC(=O)C(C)(C)N(C)C)CC2)n1)C(=O)O. The Morgan fingerprint density at radius 2 is 1.67 bits per heavy atom. The van der Waals surface area contributed by atoms with Crippen molar-refractivity contribution in [1.82, 2.24) is 30.0 Å². The first kappa shape index (κ1) is 36.2. The number of aromatic nitrogens is 2. The summed E-state index contributed by atoms with van der Waals surface area (Å²) in [7, 11) is 5.45. The molecule has 250 valence electrons. The number of carbonyl (C=O) groups is 4. The van der Waals surface area contributed by atoms with Gasteiger partial charge < -0.3 is 25.2 Å². The van der Waals surface area contributed by atoms with Crippen molar-refractivity contribution in [2.45, 2.75) is 103 Å². The van der Waals surface area contributed by atoms with Gasteiger partial charge in [-0.15, -0.1) is 11.3 Å². The lowest BCUT2D eigenvalue weighted by Gasteiger charge is -2.44. The minimum atomic E-state index is -0.911. The van der Waals surface area contributed by atoms with E-state index in [0.717, 1.165) is 17.8 Å². The van der Waals surface area contributed by atoms with Gasteiger partial charge >= 0.3 is 5.97 Å². The van der Waals surface area contributed by atoms with Crippen LogP contribution in [-0.2, 0) is 26.3 Å². The van der Waals surface area contributed by atoms with Crippen molar-refractivity contribution < 1.29 is 24.3 Å². The topological polar surface area (TPSA) is 137 Å². The molecule has 3 atom stereocenters. The second-order valence-electron chi connectivity index (χ2n) is 14.4. The number of hydrogen-bond acceptors (Lipinski definition) is 7. The van der Waals surface area contributed by atoms with Gasteiger partial charge in [-0.2, -0.15) is 0 Å². The summed E-state index contributed by atoms with van der Waals surface area (Å²) in [5.41, 5.74) is -2.03. The van der Waals surface area contributed by atoms with Gasteiger partial charge in [-0.3, -0.25) is 24.1 Å². The number of hydrogen-bond donors (Lipinski definition) is 3. The van der Waals surface area contributed by atoms with Crippen LogP contribution in [0.25, 0.3) is 0 Å². The Bertz CT molecular complexity index is 1370. The molecular weight excluding hydrogens is 592 g/mol. The molecule has 0 radical (unpaired) electrons. The Labute approximate surface area is 271 Å². The molecule has 0 saturated heterocycles. The second kappa shape index (κ2) is 13.6. The number of carboxylic acid groups (broad SMARTS) is 1. The quantitative estimate of drug-likeness (QED) is 0.251. The molecule has 3 unspecified atom stereocenters. The lowest BCUT2D eigenvalue weighted by molar-refractivity contribution is -0.142. The van der Waals surface area contributed by atoms with Crippen molar-refractivity contribution in [3.05, 3.63) is 40.6 Å². The summed E-state index contributed by atoms with van der Waals surface area (Å²) in [6, 6.07) is 3.78. The number of rotatable bonds is 16. The molecule has 1 fully saturated rings. The van der Waals surface area contributed by atoms with E-state index in [9.17, 15) is 24.3 Å². The fraction of sp³-hybridized carbons (Fsp3) is 0.667. The first-order valence-electron chi connectivity index (χ1n) is 15.6. The van der Waals surface area contributed by atoms with Crippen LogP contribution in [0.2, 0.25) is 0 Å². The van der Waals surface area contributed by atoms with Gasteiger partial charge in [0, 0.05) is 42.3 Å². The third kappa shape index (κ3) is 8.32. The van der Waals surface area contributed by atoms with Crippen LogP contribution in [0.4, 0.5) is 0 Å². The summed E-state index contributed by atoms with van der Waals surface area (Å²) in [5.74, 6) is -2.16. The predicted molar refractivity (Wildman–Crippen MR) is 176 cm³/mol. The number of thiazole rings is 1. The van der Waals surface area contributed by atoms with Crippen LogP contribution in [0.5, 0.6) is 0 Å². The first-order chi connectivity index (χ1) is 20.8. The van der Waals surface area contributed by atoms with Crippen molar-refractivity contribution in [1.29, 1.82) is 0 Å². The van der Waals surface area contributed by atoms with E-state index in [-0.39, 0.29) is 42.0 Å². The van der Waals surface area contributed by atoms with E-state index in [4.69, 9.17) is 4.98 Å². The molecule has 1 saturated carbocycles. The minimum absolute atomic E-state index is 0.0915. The van der Waals surface area contributed by atoms with Crippen LogP contribution >= 0.6 is 11.3 Å². The van der Waals surface area contributed by atoms with Gasteiger partial charge in [0.2, 0.25) is 11.8 Å². The van der Waals surface area contributed by atoms with Crippen LogP contribution in [0.3, 0.4) is 0 Å². The molecule has 12 heteroatoms. The molecule has 3 N–H and O–H groups in total. The molecule has 2 aromatic heterocycles. The highest BCUT2D eigenvalue weighted by molar-refractivity contribution is 7.10. The van der Waals surface area contributed by atoms with E-state index < -0.39 is 28.5 Å². The Morgan fingerprint density at radius 1 is 1.07 bits per heavy atom. The van der Waals surface area contributed by atoms with Gasteiger partial charge in [-0.05, 0) is 85.5 Å². The van der Waals surface area contributed by atoms with E-state index in [1.807, 2.05) is 68.9 Å². The average Bonchev–Trinajstić information content (AvgIpc) is 3.31. The van der Waals surface area contributed by atoms with Gasteiger partial charge in [0.05, 0.1) is 28.5 Å². The minimum Gasteiger partial charge on any atom is -0.481 e. The highest BCUT2D eigenvalue weighted by Gasteiger charge is 2.53. The molecule has 3 amide bonds. The summed E-state index contributed by atoms with van der Waals surface area (Å²) in [6.45, 7) is 13.7. The third-order valence-electron chi connectivity index (χ3n) is 9.99. The lowest BCUT2D eigenvalue weighted by atomic mass is 9.77. The Morgan fingerprint density at radius 3 is 2.18 bits per heavy atom. The maximum absolute atomic E-state index is 13.5. The summed E-state index contributed by atoms with van der Waals surface area (Å²) in [4.78, 5) is 59.7. The van der Waals surface area contributed by atoms with Crippen LogP contribution in [0.15, 0.2) is 29.9 Å². The zero-order chi connectivity index (χ0) is 34.0. The first-order valence-corrected chi connectivity index (χ1v) is 16.5. The van der Waals surface area contributed by atoms with Crippen molar-refractivity contribution in [3.63, 3.8) is 0 Å². The number of carbonyl (C=O) groups excluding carboxylic acids is 3. The molecular formula is C33H52N6O5S. The fourth-order valence-electron chi connectivity index (χ4n) is 5.75. The second-order valence-corrected chi connectivity index (χ2v) is 15.3. The van der Waals surface area contributed by atoms with E-state index in [1.165, 1.54) is 11.3 Å². The number of nitrogens with zero attached hydrogens (tertiary/aromatic N) is 4. The smallest absolute Gasteiger partial charge is 0.306 e. The zero-order valence-electron chi connectivity index (χ0n) is 28.6. The van der Waals surface area contributed by atoms with Crippen molar-refractivity contribution in [3.8, 4) is 0 Å². The standard InChI is InChI=1S/C33H52N6O5S/c1-22(2)32(7,38(10)25(40)18-34-28(44)30(4,5)37(8)9)20-33(13-14-33)29-35-24(19-45-29)26(41)36-31(6,17-23(3)27(42)43)21-39-15-11-12-16-39/h11-12,15-16,19,22-23H,13-14,17-18,20-21H2,1-10H3,(H,34,44)(H,36,41)(H,42,43). The third-order valence-corrected chi connectivity index (χ3v) is 11.1. The molecule has 3 rings (SSSR count). The van der Waals surface area contributed by atoms with Crippen LogP contribution in [0.1, 0.15) is 89.6 Å². The normalized spacial score (nSPS) is 17.7. The lowest BCUT2D eigenvalue weighted by Crippen LogP contribution is -2.57. The van der Waals surface area contributed by atoms with Crippen molar-refractivity contribution >= 4 is 35.0 Å². The predicted octanol–water partition coefficient (Wildman–Crippen LogP) is 4.00. The molecule has 45 heavy (non-hydrogen) atoms. The number of carboxylic acids is 1. The fourth-order valence-corrected chi connectivity index (χ4v) is 6.81. The number of nitrogens with one attached hydrogen (secondary N) is 2. The molecule has 0 spiro atoms. The van der Waals surface area contributed by atoms with Gasteiger partial charge in [-0.25, -0.2) is 4.98 Å². The summed E-state index contributed by atoms with van der Waals surface area (Å²) in [6.07, 6.45) is 6.52. The molecule has 0 aromatic carbocycles. The number of amides is 3. The van der Waals surface area contributed by atoms with Crippen LogP contribution < -0.4 is 10.6 Å². The van der Waals surface area contributed by atoms with E-state index in [2.05, 4.69) is 31.4 Å². The largest absolute Gasteiger partial charge is 0.481 e. The van der Waals surface area contributed by atoms with E-state index in [0.29, 0.717) is 18.7 Å². The molecule has 11 nitrogen and oxygen atoms in total. The Hall–Kier alpha value is -3.25.